The molecule has 108 valence electrons. The van der Waals surface area contributed by atoms with Crippen LogP contribution in [-0.2, 0) is 9.53 Å². The SMILES string of the molecule is CC1CN(C(=O)NC2COCC2(C)C(=O)O)CC1C. The molecule has 2 N–H and O–H groups in total. The minimum Gasteiger partial charge on any atom is -0.481 e. The zero-order chi connectivity index (χ0) is 14.2. The normalized spacial score (nSPS) is 38.5. The highest BCUT2D eigenvalue weighted by Crippen LogP contribution is 2.29. The Kier molecular flexibility index (Phi) is 3.71. The quantitative estimate of drug-likeness (QED) is 0.777. The number of nitrogens with zero attached hydrogens (tertiary/aromatic N) is 1. The summed E-state index contributed by atoms with van der Waals surface area (Å²) in [4.78, 5) is 25.2. The van der Waals surface area contributed by atoms with Gasteiger partial charge in [-0.15, -0.1) is 0 Å². The van der Waals surface area contributed by atoms with Crippen molar-refractivity contribution in [3.05, 3.63) is 0 Å². The Bertz CT molecular complexity index is 377. The number of hydrogen-bond acceptors (Lipinski definition) is 3. The fourth-order valence-electron chi connectivity index (χ4n) is 2.62. The van der Waals surface area contributed by atoms with Gasteiger partial charge in [0.15, 0.2) is 0 Å². The number of nitrogens with one attached hydrogen (secondary N) is 1. The third-order valence-corrected chi connectivity index (χ3v) is 4.52. The van der Waals surface area contributed by atoms with E-state index in [2.05, 4.69) is 19.2 Å². The van der Waals surface area contributed by atoms with E-state index in [1.54, 1.807) is 11.8 Å². The average molecular weight is 270 g/mol. The lowest BCUT2D eigenvalue weighted by Gasteiger charge is -2.27. The second-order valence-corrected chi connectivity index (χ2v) is 6.10. The van der Waals surface area contributed by atoms with Gasteiger partial charge < -0.3 is 20.1 Å². The maximum atomic E-state index is 12.2. The Morgan fingerprint density at radius 2 is 1.89 bits per heavy atom. The summed E-state index contributed by atoms with van der Waals surface area (Å²) >= 11 is 0. The van der Waals surface area contributed by atoms with E-state index in [0.29, 0.717) is 11.8 Å². The third-order valence-electron chi connectivity index (χ3n) is 4.52. The summed E-state index contributed by atoms with van der Waals surface area (Å²) in [6.07, 6.45) is 0. The van der Waals surface area contributed by atoms with E-state index in [4.69, 9.17) is 4.74 Å². The van der Waals surface area contributed by atoms with E-state index in [1.165, 1.54) is 0 Å². The van der Waals surface area contributed by atoms with Gasteiger partial charge in [-0.3, -0.25) is 4.79 Å². The molecule has 0 aliphatic carbocycles. The van der Waals surface area contributed by atoms with Gasteiger partial charge in [-0.25, -0.2) is 4.79 Å². The van der Waals surface area contributed by atoms with Gasteiger partial charge in [0.1, 0.15) is 5.41 Å². The summed E-state index contributed by atoms with van der Waals surface area (Å²) in [5.41, 5.74) is -1.04. The lowest BCUT2D eigenvalue weighted by Crippen LogP contribution is -2.53. The molecule has 2 aliphatic heterocycles. The standard InChI is InChI=1S/C13H22N2O4/c1-8-4-15(5-9(8)2)12(18)14-10-6-19-7-13(10,3)11(16)17/h8-10H,4-7H2,1-3H3,(H,14,18)(H,16,17). The van der Waals surface area contributed by atoms with Gasteiger partial charge in [0, 0.05) is 13.1 Å². The molecule has 0 aromatic heterocycles. The van der Waals surface area contributed by atoms with Gasteiger partial charge in [-0.2, -0.15) is 0 Å². The first-order valence-electron chi connectivity index (χ1n) is 6.71. The number of hydrogen-bond donors (Lipinski definition) is 2. The molecule has 6 nitrogen and oxygen atoms in total. The zero-order valence-corrected chi connectivity index (χ0v) is 11.7. The number of carbonyl (C=O) groups is 2. The van der Waals surface area contributed by atoms with Crippen molar-refractivity contribution >= 4 is 12.0 Å². The van der Waals surface area contributed by atoms with Crippen molar-refractivity contribution in [1.29, 1.82) is 0 Å². The molecule has 2 aliphatic rings. The number of amides is 2. The van der Waals surface area contributed by atoms with Crippen LogP contribution < -0.4 is 5.32 Å². The molecule has 0 saturated carbocycles. The molecule has 0 bridgehead atoms. The summed E-state index contributed by atoms with van der Waals surface area (Å²) < 4.78 is 5.23. The van der Waals surface area contributed by atoms with E-state index in [0.717, 1.165) is 13.1 Å². The van der Waals surface area contributed by atoms with Crippen LogP contribution in [0.2, 0.25) is 0 Å². The monoisotopic (exact) mass is 270 g/mol. The first kappa shape index (κ1) is 14.1. The molecule has 6 heteroatoms. The van der Waals surface area contributed by atoms with Crippen LogP contribution in [0, 0.1) is 17.3 Å². The van der Waals surface area contributed by atoms with Crippen molar-refractivity contribution in [3.63, 3.8) is 0 Å². The maximum absolute atomic E-state index is 12.2. The molecule has 0 spiro atoms. The molecule has 2 heterocycles. The number of aliphatic carboxylic acids is 1. The number of carboxylic acids is 1. The van der Waals surface area contributed by atoms with Crippen LogP contribution in [0.5, 0.6) is 0 Å². The van der Waals surface area contributed by atoms with Crippen LogP contribution in [0.25, 0.3) is 0 Å². The number of likely N-dealkylation sites (tertiary alicyclic amines) is 1. The average Bonchev–Trinajstić information content (AvgIpc) is 2.86. The van der Waals surface area contributed by atoms with Crippen LogP contribution in [0.4, 0.5) is 4.79 Å². The van der Waals surface area contributed by atoms with E-state index in [1.807, 2.05) is 0 Å². The molecule has 2 rings (SSSR count). The third kappa shape index (κ3) is 2.54. The van der Waals surface area contributed by atoms with Crippen LogP contribution in [0.15, 0.2) is 0 Å². The number of carboxylic acid groups (broad SMARTS) is 1. The maximum Gasteiger partial charge on any atom is 0.317 e. The fraction of sp³-hybridized carbons (Fsp3) is 0.846. The van der Waals surface area contributed by atoms with Crippen LogP contribution >= 0.6 is 0 Å². The second-order valence-electron chi connectivity index (χ2n) is 6.10. The predicted molar refractivity (Wildman–Crippen MR) is 68.8 cm³/mol. The van der Waals surface area contributed by atoms with Crippen LogP contribution in [0.1, 0.15) is 20.8 Å². The van der Waals surface area contributed by atoms with Crippen molar-refractivity contribution in [2.45, 2.75) is 26.8 Å². The highest BCUT2D eigenvalue weighted by molar-refractivity contribution is 5.79. The second kappa shape index (κ2) is 5.00. The van der Waals surface area contributed by atoms with Crippen LogP contribution in [0.3, 0.4) is 0 Å². The van der Waals surface area contributed by atoms with Crippen molar-refractivity contribution in [2.24, 2.45) is 17.3 Å². The summed E-state index contributed by atoms with van der Waals surface area (Å²) in [7, 11) is 0. The molecule has 19 heavy (non-hydrogen) atoms. The van der Waals surface area contributed by atoms with Gasteiger partial charge in [-0.05, 0) is 18.8 Å². The molecule has 2 fully saturated rings. The smallest absolute Gasteiger partial charge is 0.317 e. The van der Waals surface area contributed by atoms with Gasteiger partial charge in [0.05, 0.1) is 19.3 Å². The minimum absolute atomic E-state index is 0.139. The Morgan fingerprint density at radius 1 is 1.32 bits per heavy atom. The minimum atomic E-state index is -1.04. The van der Waals surface area contributed by atoms with E-state index in [-0.39, 0.29) is 19.2 Å². The van der Waals surface area contributed by atoms with Crippen molar-refractivity contribution in [1.82, 2.24) is 10.2 Å². The summed E-state index contributed by atoms with van der Waals surface area (Å²) in [5, 5.41) is 12.1. The fourth-order valence-corrected chi connectivity index (χ4v) is 2.62. The number of rotatable bonds is 2. The van der Waals surface area contributed by atoms with Crippen molar-refractivity contribution in [2.75, 3.05) is 26.3 Å². The number of urea groups is 1. The Labute approximate surface area is 113 Å². The first-order valence-corrected chi connectivity index (χ1v) is 6.71. The van der Waals surface area contributed by atoms with Crippen molar-refractivity contribution in [3.8, 4) is 0 Å². The highest BCUT2D eigenvalue weighted by atomic mass is 16.5. The Balaban J connectivity index is 1.98. The molecule has 2 amide bonds. The first-order chi connectivity index (χ1) is 8.84. The van der Waals surface area contributed by atoms with Crippen molar-refractivity contribution < 1.29 is 19.4 Å². The lowest BCUT2D eigenvalue weighted by atomic mass is 9.85. The predicted octanol–water partition coefficient (Wildman–Crippen LogP) is 0.773. The summed E-state index contributed by atoms with van der Waals surface area (Å²) in [6, 6.07) is -0.650. The van der Waals surface area contributed by atoms with E-state index < -0.39 is 17.4 Å². The highest BCUT2D eigenvalue weighted by Gasteiger charge is 2.48. The molecule has 4 atom stereocenters. The van der Waals surface area contributed by atoms with E-state index in [9.17, 15) is 14.7 Å². The van der Waals surface area contributed by atoms with Gasteiger partial charge >= 0.3 is 12.0 Å². The largest absolute Gasteiger partial charge is 0.481 e. The number of ether oxygens (including phenoxy) is 1. The Hall–Kier alpha value is -1.30. The molecule has 0 aromatic carbocycles. The summed E-state index contributed by atoms with van der Waals surface area (Å²) in [6.45, 7) is 7.71. The molecule has 0 aromatic rings. The molecule has 2 saturated heterocycles. The van der Waals surface area contributed by atoms with E-state index >= 15 is 0 Å². The molecule has 4 unspecified atom stereocenters. The van der Waals surface area contributed by atoms with Gasteiger partial charge in [0.2, 0.25) is 0 Å². The molecular formula is C13H22N2O4. The van der Waals surface area contributed by atoms with Gasteiger partial charge in [-0.1, -0.05) is 13.8 Å². The van der Waals surface area contributed by atoms with Gasteiger partial charge in [0.25, 0.3) is 0 Å². The lowest BCUT2D eigenvalue weighted by molar-refractivity contribution is -0.148. The van der Waals surface area contributed by atoms with Crippen LogP contribution in [-0.4, -0.2) is 54.4 Å². The topological polar surface area (TPSA) is 78.9 Å². The zero-order valence-electron chi connectivity index (χ0n) is 11.7. The molecular weight excluding hydrogens is 248 g/mol. The molecule has 0 radical (unpaired) electrons. The number of carbonyl (C=O) groups excluding carboxylic acids is 1. The summed E-state index contributed by atoms with van der Waals surface area (Å²) in [5.74, 6) is 0.0336. The Morgan fingerprint density at radius 3 is 2.42 bits per heavy atom.